The fraction of sp³-hybridized carbons (Fsp3) is 0.412. The molecule has 0 atom stereocenters. The van der Waals surface area contributed by atoms with Gasteiger partial charge in [-0.25, -0.2) is 0 Å². The molecular weight excluding hydrogens is 472 g/mol. The van der Waals surface area contributed by atoms with Crippen molar-refractivity contribution in [1.29, 1.82) is 0 Å². The molecule has 0 spiro atoms. The zero-order valence-electron chi connectivity index (χ0n) is 14.9. The number of nitrogens with one attached hydrogen (secondary N) is 2. The van der Waals surface area contributed by atoms with E-state index < -0.39 is 0 Å². The lowest BCUT2D eigenvalue weighted by molar-refractivity contribution is 0.728. The smallest absolute Gasteiger partial charge is 0.191 e. The minimum Gasteiger partial charge on any atom is -0.356 e. The van der Waals surface area contributed by atoms with E-state index >= 15 is 0 Å². The second kappa shape index (κ2) is 10.2. The van der Waals surface area contributed by atoms with Gasteiger partial charge < -0.3 is 10.6 Å². The summed E-state index contributed by atoms with van der Waals surface area (Å²) in [5, 5.41) is 12.4. The molecule has 0 radical (unpaired) electrons. The van der Waals surface area contributed by atoms with Gasteiger partial charge in [0.2, 0.25) is 0 Å². The van der Waals surface area contributed by atoms with Crippen molar-refractivity contribution in [2.75, 3.05) is 13.6 Å². The van der Waals surface area contributed by atoms with Crippen LogP contribution in [0.4, 0.5) is 0 Å². The Labute approximate surface area is 176 Å². The van der Waals surface area contributed by atoms with E-state index in [1.807, 2.05) is 36.9 Å². The Kier molecular flexibility index (Phi) is 9.02. The van der Waals surface area contributed by atoms with Crippen molar-refractivity contribution in [3.63, 3.8) is 0 Å². The van der Waals surface area contributed by atoms with E-state index in [9.17, 15) is 0 Å². The number of aromatic nitrogens is 2. The predicted molar refractivity (Wildman–Crippen MR) is 116 cm³/mol. The molecule has 8 heteroatoms. The zero-order valence-corrected chi connectivity index (χ0v) is 18.7. The highest BCUT2D eigenvalue weighted by molar-refractivity contribution is 14.0. The van der Waals surface area contributed by atoms with Gasteiger partial charge in [0.1, 0.15) is 0 Å². The average molecular weight is 496 g/mol. The summed E-state index contributed by atoms with van der Waals surface area (Å²) in [6, 6.07) is 5.55. The van der Waals surface area contributed by atoms with Gasteiger partial charge in [-0.15, -0.1) is 24.0 Å². The molecule has 1 aromatic heterocycles. The minimum absolute atomic E-state index is 0. The van der Waals surface area contributed by atoms with Gasteiger partial charge in [0.25, 0.3) is 0 Å². The van der Waals surface area contributed by atoms with Crippen LogP contribution in [0.3, 0.4) is 0 Å². The molecule has 2 aromatic rings. The summed E-state index contributed by atoms with van der Waals surface area (Å²) in [5.41, 5.74) is 4.32. The van der Waals surface area contributed by atoms with E-state index in [-0.39, 0.29) is 24.0 Å². The SMILES string of the molecule is CN=C(NCCc1c(Cl)cccc1Cl)NCc1c(C)nn(C)c1C.I. The maximum Gasteiger partial charge on any atom is 0.191 e. The van der Waals surface area contributed by atoms with Crippen LogP contribution >= 0.6 is 47.2 Å². The molecular formula is C17H24Cl2IN5. The Balaban J connectivity index is 0.00000312. The molecule has 5 nitrogen and oxygen atoms in total. The van der Waals surface area contributed by atoms with Gasteiger partial charge in [-0.05, 0) is 38.0 Å². The maximum atomic E-state index is 6.19. The third kappa shape index (κ3) is 5.76. The number of aliphatic imine (C=N–C) groups is 1. The largest absolute Gasteiger partial charge is 0.356 e. The first-order valence-corrected chi connectivity index (χ1v) is 8.56. The number of hydrogen-bond donors (Lipinski definition) is 2. The Morgan fingerprint density at radius 2 is 1.80 bits per heavy atom. The molecule has 1 aromatic carbocycles. The monoisotopic (exact) mass is 495 g/mol. The summed E-state index contributed by atoms with van der Waals surface area (Å²) < 4.78 is 1.89. The zero-order chi connectivity index (χ0) is 17.7. The van der Waals surface area contributed by atoms with Crippen molar-refractivity contribution in [2.45, 2.75) is 26.8 Å². The molecule has 0 fully saturated rings. The fourth-order valence-electron chi connectivity index (χ4n) is 2.54. The second-order valence-electron chi connectivity index (χ2n) is 5.58. The van der Waals surface area contributed by atoms with Crippen LogP contribution in [-0.4, -0.2) is 29.3 Å². The van der Waals surface area contributed by atoms with Crippen LogP contribution < -0.4 is 10.6 Å². The van der Waals surface area contributed by atoms with Crippen molar-refractivity contribution in [3.8, 4) is 0 Å². The molecule has 0 unspecified atom stereocenters. The van der Waals surface area contributed by atoms with Crippen molar-refractivity contribution in [2.24, 2.45) is 12.0 Å². The topological polar surface area (TPSA) is 54.2 Å². The van der Waals surface area contributed by atoms with Crippen LogP contribution in [0.1, 0.15) is 22.5 Å². The number of aryl methyl sites for hydroxylation is 2. The maximum absolute atomic E-state index is 6.19. The summed E-state index contributed by atoms with van der Waals surface area (Å²) in [7, 11) is 3.70. The number of hydrogen-bond acceptors (Lipinski definition) is 2. The summed E-state index contributed by atoms with van der Waals surface area (Å²) in [6.07, 6.45) is 0.726. The van der Waals surface area contributed by atoms with E-state index in [1.165, 1.54) is 5.56 Å². The number of guanidine groups is 1. The van der Waals surface area contributed by atoms with Crippen molar-refractivity contribution in [3.05, 3.63) is 50.8 Å². The summed E-state index contributed by atoms with van der Waals surface area (Å²) in [4.78, 5) is 4.25. The molecule has 0 aliphatic rings. The Hall–Kier alpha value is -0.990. The summed E-state index contributed by atoms with van der Waals surface area (Å²) >= 11 is 12.4. The van der Waals surface area contributed by atoms with E-state index in [2.05, 4.69) is 27.6 Å². The van der Waals surface area contributed by atoms with Gasteiger partial charge in [-0.1, -0.05) is 29.3 Å². The van der Waals surface area contributed by atoms with Crippen molar-refractivity contribution in [1.82, 2.24) is 20.4 Å². The molecule has 0 saturated carbocycles. The molecule has 0 saturated heterocycles. The molecule has 0 aliphatic heterocycles. The fourth-order valence-corrected chi connectivity index (χ4v) is 3.13. The quantitative estimate of drug-likeness (QED) is 0.376. The van der Waals surface area contributed by atoms with E-state index in [1.54, 1.807) is 7.05 Å². The first kappa shape index (κ1) is 22.1. The average Bonchev–Trinajstić information content (AvgIpc) is 2.78. The summed E-state index contributed by atoms with van der Waals surface area (Å²) in [5.74, 6) is 0.737. The Morgan fingerprint density at radius 3 is 2.32 bits per heavy atom. The molecule has 2 N–H and O–H groups in total. The molecule has 0 bridgehead atoms. The molecule has 1 heterocycles. The van der Waals surface area contributed by atoms with Crippen LogP contribution in [0.25, 0.3) is 0 Å². The van der Waals surface area contributed by atoms with Gasteiger partial charge in [0.15, 0.2) is 5.96 Å². The van der Waals surface area contributed by atoms with Gasteiger partial charge in [0, 0.05) is 48.5 Å². The highest BCUT2D eigenvalue weighted by atomic mass is 127. The molecule has 2 rings (SSSR count). The normalized spacial score (nSPS) is 11.2. The van der Waals surface area contributed by atoms with Crippen LogP contribution in [-0.2, 0) is 20.0 Å². The van der Waals surface area contributed by atoms with Gasteiger partial charge in [0.05, 0.1) is 5.69 Å². The van der Waals surface area contributed by atoms with Crippen LogP contribution in [0.15, 0.2) is 23.2 Å². The lowest BCUT2D eigenvalue weighted by atomic mass is 10.1. The molecule has 0 amide bonds. The van der Waals surface area contributed by atoms with Crippen LogP contribution in [0, 0.1) is 13.8 Å². The van der Waals surface area contributed by atoms with E-state index in [4.69, 9.17) is 23.2 Å². The number of nitrogens with zero attached hydrogens (tertiary/aromatic N) is 3. The standard InChI is InChI=1S/C17H23Cl2N5.HI/c1-11-14(12(2)24(4)23-11)10-22-17(20-3)21-9-8-13-15(18)6-5-7-16(13)19;/h5-7H,8-10H2,1-4H3,(H2,20,21,22);1H. The highest BCUT2D eigenvalue weighted by Gasteiger charge is 2.10. The number of halogens is 3. The Bertz CT molecular complexity index is 723. The first-order chi connectivity index (χ1) is 11.4. The third-order valence-electron chi connectivity index (χ3n) is 4.04. The van der Waals surface area contributed by atoms with Crippen molar-refractivity contribution < 1.29 is 0 Å². The first-order valence-electron chi connectivity index (χ1n) is 7.80. The lowest BCUT2D eigenvalue weighted by Crippen LogP contribution is -2.38. The van der Waals surface area contributed by atoms with Gasteiger partial charge in [-0.2, -0.15) is 5.10 Å². The predicted octanol–water partition coefficient (Wildman–Crippen LogP) is 3.87. The minimum atomic E-state index is 0. The van der Waals surface area contributed by atoms with Crippen LogP contribution in [0.5, 0.6) is 0 Å². The number of rotatable bonds is 5. The molecule has 138 valence electrons. The van der Waals surface area contributed by atoms with E-state index in [0.717, 1.165) is 29.3 Å². The van der Waals surface area contributed by atoms with Gasteiger partial charge in [-0.3, -0.25) is 9.67 Å². The molecule has 25 heavy (non-hydrogen) atoms. The summed E-state index contributed by atoms with van der Waals surface area (Å²) in [6.45, 7) is 5.44. The molecule has 0 aliphatic carbocycles. The van der Waals surface area contributed by atoms with Gasteiger partial charge >= 0.3 is 0 Å². The van der Waals surface area contributed by atoms with Crippen molar-refractivity contribution >= 4 is 53.1 Å². The third-order valence-corrected chi connectivity index (χ3v) is 4.75. The Morgan fingerprint density at radius 1 is 1.16 bits per heavy atom. The second-order valence-corrected chi connectivity index (χ2v) is 6.39. The number of benzene rings is 1. The lowest BCUT2D eigenvalue weighted by Gasteiger charge is -2.13. The van der Waals surface area contributed by atoms with Crippen LogP contribution in [0.2, 0.25) is 10.0 Å². The highest BCUT2D eigenvalue weighted by Crippen LogP contribution is 2.24. The van der Waals surface area contributed by atoms with E-state index in [0.29, 0.717) is 23.1 Å².